The highest BCUT2D eigenvalue weighted by Crippen LogP contribution is 2.44. The second-order valence-electron chi connectivity index (χ2n) is 7.06. The van der Waals surface area contributed by atoms with Crippen molar-refractivity contribution in [1.29, 1.82) is 0 Å². The average molecular weight is 439 g/mol. The third-order valence-corrected chi connectivity index (χ3v) is 6.29. The van der Waals surface area contributed by atoms with E-state index in [4.69, 9.17) is 14.2 Å². The van der Waals surface area contributed by atoms with Gasteiger partial charge in [-0.25, -0.2) is 9.59 Å². The van der Waals surface area contributed by atoms with Crippen LogP contribution in [0.15, 0.2) is 76.2 Å². The molecule has 0 saturated carbocycles. The molecule has 2 aromatic carbocycles. The van der Waals surface area contributed by atoms with Crippen molar-refractivity contribution in [1.82, 2.24) is 5.32 Å². The molecule has 7 nitrogen and oxygen atoms in total. The van der Waals surface area contributed by atoms with Crippen LogP contribution in [0, 0.1) is 0 Å². The molecular weight excluding hydrogens is 418 g/mol. The minimum Gasteiger partial charge on any atom is -0.497 e. The number of ether oxygens (including phenoxy) is 3. The van der Waals surface area contributed by atoms with E-state index in [-0.39, 0.29) is 12.4 Å². The number of methoxy groups -OCH3 is 1. The molecule has 1 unspecified atom stereocenters. The lowest BCUT2D eigenvalue weighted by Gasteiger charge is -2.28. The van der Waals surface area contributed by atoms with E-state index < -0.39 is 18.0 Å². The number of hydrogen-bond acceptors (Lipinski definition) is 7. The van der Waals surface area contributed by atoms with Gasteiger partial charge in [-0.15, -0.1) is 11.8 Å². The largest absolute Gasteiger partial charge is 0.511 e. The van der Waals surface area contributed by atoms with Gasteiger partial charge in [0, 0.05) is 10.6 Å². The molecule has 2 N–H and O–H groups in total. The molecular formula is C23H21NO6S. The SMILES string of the molecule is COc1ccc(CSc2ccccc2C2C(OC(=O)O)=C(C)NC3=C2C(=O)OC3)cc1. The van der Waals surface area contributed by atoms with Crippen molar-refractivity contribution in [3.63, 3.8) is 0 Å². The molecule has 2 heterocycles. The molecule has 1 atom stereocenters. The van der Waals surface area contributed by atoms with Crippen LogP contribution >= 0.6 is 11.8 Å². The molecule has 0 fully saturated rings. The molecule has 2 aliphatic heterocycles. The molecule has 0 saturated heterocycles. The maximum absolute atomic E-state index is 12.5. The van der Waals surface area contributed by atoms with Crippen molar-refractivity contribution in [2.45, 2.75) is 23.5 Å². The van der Waals surface area contributed by atoms with E-state index in [2.05, 4.69) is 5.32 Å². The maximum Gasteiger partial charge on any atom is 0.511 e. The van der Waals surface area contributed by atoms with Crippen molar-refractivity contribution in [2.75, 3.05) is 13.7 Å². The van der Waals surface area contributed by atoms with Crippen LogP contribution in [-0.4, -0.2) is 30.9 Å². The van der Waals surface area contributed by atoms with Gasteiger partial charge in [-0.05, 0) is 36.2 Å². The summed E-state index contributed by atoms with van der Waals surface area (Å²) in [7, 11) is 1.63. The van der Waals surface area contributed by atoms with Crippen LogP contribution < -0.4 is 10.1 Å². The van der Waals surface area contributed by atoms with Gasteiger partial charge in [-0.1, -0.05) is 30.3 Å². The first-order valence-electron chi connectivity index (χ1n) is 9.61. The van der Waals surface area contributed by atoms with E-state index in [0.717, 1.165) is 21.8 Å². The number of rotatable bonds is 6. The number of carbonyl (C=O) groups excluding carboxylic acids is 1. The lowest BCUT2D eigenvalue weighted by atomic mass is 9.85. The van der Waals surface area contributed by atoms with E-state index in [0.29, 0.717) is 22.7 Å². The van der Waals surface area contributed by atoms with Gasteiger partial charge < -0.3 is 24.6 Å². The van der Waals surface area contributed by atoms with Crippen molar-refractivity contribution >= 4 is 23.9 Å². The van der Waals surface area contributed by atoms with Crippen molar-refractivity contribution in [3.05, 3.63) is 82.4 Å². The Morgan fingerprint density at radius 2 is 1.97 bits per heavy atom. The topological polar surface area (TPSA) is 94.1 Å². The Kier molecular flexibility index (Phi) is 5.90. The summed E-state index contributed by atoms with van der Waals surface area (Å²) in [5, 5.41) is 12.3. The lowest BCUT2D eigenvalue weighted by molar-refractivity contribution is -0.136. The molecule has 0 radical (unpaired) electrons. The van der Waals surface area contributed by atoms with E-state index in [1.165, 1.54) is 0 Å². The normalized spacial score (nSPS) is 17.7. The monoisotopic (exact) mass is 439 g/mol. The maximum atomic E-state index is 12.5. The Bertz CT molecular complexity index is 1090. The summed E-state index contributed by atoms with van der Waals surface area (Å²) in [6.45, 7) is 1.86. The summed E-state index contributed by atoms with van der Waals surface area (Å²) in [6, 6.07) is 15.4. The predicted molar refractivity (Wildman–Crippen MR) is 115 cm³/mol. The third kappa shape index (κ3) is 4.25. The fourth-order valence-corrected chi connectivity index (χ4v) is 4.75. The van der Waals surface area contributed by atoms with Crippen LogP contribution in [0.5, 0.6) is 5.75 Å². The van der Waals surface area contributed by atoms with Gasteiger partial charge in [0.1, 0.15) is 18.1 Å². The number of carbonyl (C=O) groups is 2. The van der Waals surface area contributed by atoms with Gasteiger partial charge in [-0.2, -0.15) is 0 Å². The van der Waals surface area contributed by atoms with Gasteiger partial charge in [0.15, 0.2) is 0 Å². The highest BCUT2D eigenvalue weighted by molar-refractivity contribution is 7.98. The molecule has 2 aromatic rings. The van der Waals surface area contributed by atoms with Crippen molar-refractivity contribution < 1.29 is 28.9 Å². The lowest BCUT2D eigenvalue weighted by Crippen LogP contribution is -2.28. The van der Waals surface area contributed by atoms with Crippen molar-refractivity contribution in [3.8, 4) is 5.75 Å². The highest BCUT2D eigenvalue weighted by atomic mass is 32.2. The number of allylic oxidation sites excluding steroid dienone is 2. The highest BCUT2D eigenvalue weighted by Gasteiger charge is 2.41. The molecule has 0 amide bonds. The van der Waals surface area contributed by atoms with Crippen LogP contribution in [0.25, 0.3) is 0 Å². The van der Waals surface area contributed by atoms with Crippen LogP contribution in [-0.2, 0) is 20.0 Å². The Morgan fingerprint density at radius 3 is 2.68 bits per heavy atom. The second-order valence-corrected chi connectivity index (χ2v) is 8.08. The number of thioether (sulfide) groups is 1. The summed E-state index contributed by atoms with van der Waals surface area (Å²) in [4.78, 5) is 24.8. The zero-order valence-corrected chi connectivity index (χ0v) is 17.8. The van der Waals surface area contributed by atoms with Crippen LogP contribution in [0.2, 0.25) is 0 Å². The number of esters is 1. The molecule has 8 heteroatoms. The van der Waals surface area contributed by atoms with Gasteiger partial charge in [0.05, 0.1) is 30.0 Å². The summed E-state index contributed by atoms with van der Waals surface area (Å²) < 4.78 is 15.6. The van der Waals surface area contributed by atoms with E-state index in [9.17, 15) is 14.7 Å². The number of benzene rings is 2. The van der Waals surface area contributed by atoms with Gasteiger partial charge in [-0.3, -0.25) is 0 Å². The number of hydrogen-bond donors (Lipinski definition) is 2. The summed E-state index contributed by atoms with van der Waals surface area (Å²) in [5.41, 5.74) is 3.48. The molecule has 2 aliphatic rings. The van der Waals surface area contributed by atoms with Gasteiger partial charge >= 0.3 is 12.1 Å². The zero-order valence-electron chi connectivity index (χ0n) is 17.0. The Balaban J connectivity index is 1.70. The van der Waals surface area contributed by atoms with Gasteiger partial charge in [0.2, 0.25) is 0 Å². The second kappa shape index (κ2) is 8.77. The first kappa shape index (κ1) is 20.9. The summed E-state index contributed by atoms with van der Waals surface area (Å²) >= 11 is 1.60. The third-order valence-electron chi connectivity index (χ3n) is 5.13. The Morgan fingerprint density at radius 1 is 1.23 bits per heavy atom. The number of nitrogens with one attached hydrogen (secondary N) is 1. The minimum atomic E-state index is -1.43. The summed E-state index contributed by atoms with van der Waals surface area (Å²) in [6.07, 6.45) is -1.43. The quantitative estimate of drug-likeness (QED) is 0.505. The molecule has 0 aliphatic carbocycles. The predicted octanol–water partition coefficient (Wildman–Crippen LogP) is 4.41. The van der Waals surface area contributed by atoms with E-state index in [1.54, 1.807) is 25.8 Å². The fraction of sp³-hybridized carbons (Fsp3) is 0.217. The molecule has 31 heavy (non-hydrogen) atoms. The van der Waals surface area contributed by atoms with Gasteiger partial charge in [0.25, 0.3) is 0 Å². The van der Waals surface area contributed by atoms with Crippen LogP contribution in [0.4, 0.5) is 4.79 Å². The Hall–Kier alpha value is -3.39. The fourth-order valence-electron chi connectivity index (χ4n) is 3.71. The Labute approximate surface area is 183 Å². The smallest absolute Gasteiger partial charge is 0.497 e. The average Bonchev–Trinajstić information content (AvgIpc) is 3.13. The van der Waals surface area contributed by atoms with E-state index >= 15 is 0 Å². The molecule has 0 bridgehead atoms. The minimum absolute atomic E-state index is 0.128. The molecule has 0 aromatic heterocycles. The van der Waals surface area contributed by atoms with Crippen LogP contribution in [0.1, 0.15) is 24.0 Å². The molecule has 160 valence electrons. The number of dihydropyridines is 1. The van der Waals surface area contributed by atoms with E-state index in [1.807, 2.05) is 48.5 Å². The van der Waals surface area contributed by atoms with Crippen molar-refractivity contribution in [2.24, 2.45) is 0 Å². The van der Waals surface area contributed by atoms with Crippen LogP contribution in [0.3, 0.4) is 0 Å². The standard InChI is InChI=1S/C23H21NO6S/c1-13-21(30-23(26)27)19(20-17(24-13)11-29-22(20)25)16-5-3-4-6-18(16)31-12-14-7-9-15(28-2)10-8-14/h3-10,19,24H,11-12H2,1-2H3,(H,26,27). The number of cyclic esters (lactones) is 1. The number of carboxylic acid groups (broad SMARTS) is 1. The first-order valence-corrected chi connectivity index (χ1v) is 10.6. The first-order chi connectivity index (χ1) is 15.0. The molecule has 4 rings (SSSR count). The molecule has 0 spiro atoms. The zero-order chi connectivity index (χ0) is 22.0. The summed E-state index contributed by atoms with van der Waals surface area (Å²) in [5.74, 6) is 0.533.